The number of ether oxygens (including phenoxy) is 2. The molecule has 0 bridgehead atoms. The lowest BCUT2D eigenvalue weighted by molar-refractivity contribution is -0.116. The van der Waals surface area contributed by atoms with Gasteiger partial charge in [0.2, 0.25) is 5.91 Å². The van der Waals surface area contributed by atoms with E-state index in [-0.39, 0.29) is 12.0 Å². The molecule has 0 aliphatic carbocycles. The molecule has 0 fully saturated rings. The molecule has 0 spiro atoms. The summed E-state index contributed by atoms with van der Waals surface area (Å²) in [5.74, 6) is 1.37. The predicted molar refractivity (Wildman–Crippen MR) is 105 cm³/mol. The summed E-state index contributed by atoms with van der Waals surface area (Å²) in [6, 6.07) is 10.6. The van der Waals surface area contributed by atoms with Crippen LogP contribution in [0.2, 0.25) is 5.02 Å². The van der Waals surface area contributed by atoms with Crippen LogP contribution < -0.4 is 20.1 Å². The van der Waals surface area contributed by atoms with Crippen LogP contribution in [-0.4, -0.2) is 24.7 Å². The van der Waals surface area contributed by atoms with Crippen molar-refractivity contribution in [2.45, 2.75) is 39.3 Å². The Morgan fingerprint density at radius 1 is 1.35 bits per heavy atom. The molecule has 2 aromatic rings. The summed E-state index contributed by atoms with van der Waals surface area (Å²) in [6.07, 6.45) is 1.01. The number of rotatable bonds is 6. The zero-order valence-electron chi connectivity index (χ0n) is 15.1. The van der Waals surface area contributed by atoms with E-state index < -0.39 is 6.04 Å². The van der Waals surface area contributed by atoms with Gasteiger partial charge in [0.05, 0.1) is 23.0 Å². The van der Waals surface area contributed by atoms with Gasteiger partial charge in [-0.2, -0.15) is 0 Å². The molecule has 1 heterocycles. The van der Waals surface area contributed by atoms with Gasteiger partial charge in [-0.05, 0) is 39.0 Å². The highest BCUT2D eigenvalue weighted by atomic mass is 35.5. The number of carbonyl (C=O) groups is 1. The molecule has 6 heteroatoms. The number of hydrogen-bond acceptors (Lipinski definition) is 4. The van der Waals surface area contributed by atoms with Gasteiger partial charge in [0.1, 0.15) is 23.6 Å². The second-order valence-electron chi connectivity index (χ2n) is 6.36. The maximum atomic E-state index is 12.5. The fraction of sp³-hybridized carbons (Fsp3) is 0.350. The van der Waals surface area contributed by atoms with E-state index in [1.807, 2.05) is 38.1 Å². The number of amides is 1. The fourth-order valence-corrected chi connectivity index (χ4v) is 3.11. The number of halogens is 1. The van der Waals surface area contributed by atoms with E-state index in [4.69, 9.17) is 21.1 Å². The summed E-state index contributed by atoms with van der Waals surface area (Å²) in [7, 11) is 0. The number of benzene rings is 2. The first-order valence-electron chi connectivity index (χ1n) is 8.76. The molecule has 0 saturated heterocycles. The molecule has 138 valence electrons. The Hall–Kier alpha value is -2.40. The second-order valence-corrected chi connectivity index (χ2v) is 6.76. The van der Waals surface area contributed by atoms with Gasteiger partial charge in [0.25, 0.3) is 0 Å². The predicted octanol–water partition coefficient (Wildman–Crippen LogP) is 4.50. The van der Waals surface area contributed by atoms with Gasteiger partial charge in [0.15, 0.2) is 0 Å². The number of anilines is 2. The molecule has 2 unspecified atom stereocenters. The van der Waals surface area contributed by atoms with Gasteiger partial charge in [-0.1, -0.05) is 23.7 Å². The van der Waals surface area contributed by atoms with Crippen molar-refractivity contribution in [3.63, 3.8) is 0 Å². The highest BCUT2D eigenvalue weighted by Crippen LogP contribution is 2.38. The number of fused-ring (bicyclic) bond motifs is 1. The minimum atomic E-state index is -0.484. The Kier molecular flexibility index (Phi) is 5.57. The first-order chi connectivity index (χ1) is 12.5. The van der Waals surface area contributed by atoms with Crippen molar-refractivity contribution in [1.29, 1.82) is 0 Å². The van der Waals surface area contributed by atoms with Crippen LogP contribution in [0.5, 0.6) is 11.5 Å². The van der Waals surface area contributed by atoms with Crippen LogP contribution in [0.1, 0.15) is 26.3 Å². The van der Waals surface area contributed by atoms with Crippen molar-refractivity contribution in [3.05, 3.63) is 47.0 Å². The van der Waals surface area contributed by atoms with Crippen molar-refractivity contribution in [2.75, 3.05) is 17.2 Å². The van der Waals surface area contributed by atoms with Crippen LogP contribution in [0.25, 0.3) is 0 Å². The van der Waals surface area contributed by atoms with Crippen LogP contribution in [0.3, 0.4) is 0 Å². The van der Waals surface area contributed by atoms with Gasteiger partial charge < -0.3 is 20.1 Å². The maximum Gasteiger partial charge on any atom is 0.246 e. The van der Waals surface area contributed by atoms with Crippen LogP contribution in [0, 0.1) is 0 Å². The molecule has 26 heavy (non-hydrogen) atoms. The lowest BCUT2D eigenvalue weighted by Gasteiger charge is -2.19. The quantitative estimate of drug-likeness (QED) is 0.781. The minimum Gasteiger partial charge on any atom is -0.492 e. The third kappa shape index (κ3) is 4.05. The standard InChI is InChI=1S/C20H23ClN2O3/c1-4-25-19-10-14-9-12(2)26-18(14)11-17(19)22-13(3)20(24)23-16-8-6-5-7-15(16)21/h5-8,10-13,22H,4,9H2,1-3H3,(H,23,24). The second kappa shape index (κ2) is 7.87. The average Bonchev–Trinajstić information content (AvgIpc) is 2.96. The molecule has 1 amide bonds. The number of nitrogens with one attached hydrogen (secondary N) is 2. The van der Waals surface area contributed by atoms with Crippen LogP contribution >= 0.6 is 11.6 Å². The maximum absolute atomic E-state index is 12.5. The normalized spacial score (nSPS) is 16.4. The Morgan fingerprint density at radius 2 is 2.12 bits per heavy atom. The van der Waals surface area contributed by atoms with Crippen molar-refractivity contribution >= 4 is 28.9 Å². The van der Waals surface area contributed by atoms with E-state index in [0.29, 0.717) is 17.3 Å². The van der Waals surface area contributed by atoms with Crippen molar-refractivity contribution in [1.82, 2.24) is 0 Å². The van der Waals surface area contributed by atoms with E-state index in [1.54, 1.807) is 19.1 Å². The van der Waals surface area contributed by atoms with Gasteiger partial charge in [-0.3, -0.25) is 4.79 Å². The minimum absolute atomic E-state index is 0.149. The Morgan fingerprint density at radius 3 is 2.85 bits per heavy atom. The van der Waals surface area contributed by atoms with Gasteiger partial charge in [-0.15, -0.1) is 0 Å². The zero-order valence-corrected chi connectivity index (χ0v) is 15.9. The monoisotopic (exact) mass is 374 g/mol. The molecule has 0 radical (unpaired) electrons. The fourth-order valence-electron chi connectivity index (χ4n) is 2.93. The van der Waals surface area contributed by atoms with Crippen LogP contribution in [0.4, 0.5) is 11.4 Å². The van der Waals surface area contributed by atoms with Crippen molar-refractivity contribution in [2.24, 2.45) is 0 Å². The summed E-state index contributed by atoms with van der Waals surface area (Å²) >= 11 is 6.11. The average molecular weight is 375 g/mol. The SMILES string of the molecule is CCOc1cc2c(cc1NC(C)C(=O)Nc1ccccc1Cl)OC(C)C2. The number of hydrogen-bond donors (Lipinski definition) is 2. The molecular formula is C20H23ClN2O3. The molecule has 2 N–H and O–H groups in total. The molecule has 1 aliphatic rings. The van der Waals surface area contributed by atoms with Gasteiger partial charge in [0, 0.05) is 18.1 Å². The first kappa shape index (κ1) is 18.4. The zero-order chi connectivity index (χ0) is 18.7. The summed E-state index contributed by atoms with van der Waals surface area (Å²) in [5.41, 5.74) is 2.45. The highest BCUT2D eigenvalue weighted by molar-refractivity contribution is 6.33. The summed E-state index contributed by atoms with van der Waals surface area (Å²) in [6.45, 7) is 6.31. The summed E-state index contributed by atoms with van der Waals surface area (Å²) in [5, 5.41) is 6.56. The van der Waals surface area contributed by atoms with E-state index in [1.165, 1.54) is 0 Å². The van der Waals surface area contributed by atoms with E-state index in [2.05, 4.69) is 10.6 Å². The summed E-state index contributed by atoms with van der Waals surface area (Å²) < 4.78 is 11.6. The molecule has 0 saturated carbocycles. The first-order valence-corrected chi connectivity index (χ1v) is 9.14. The van der Waals surface area contributed by atoms with Gasteiger partial charge >= 0.3 is 0 Å². The number of carbonyl (C=O) groups excluding carboxylic acids is 1. The molecule has 1 aliphatic heterocycles. The molecule has 2 aromatic carbocycles. The van der Waals surface area contributed by atoms with E-state index >= 15 is 0 Å². The third-order valence-corrected chi connectivity index (χ3v) is 4.52. The molecule has 2 atom stereocenters. The lowest BCUT2D eigenvalue weighted by atomic mass is 10.1. The smallest absolute Gasteiger partial charge is 0.246 e. The highest BCUT2D eigenvalue weighted by Gasteiger charge is 2.23. The van der Waals surface area contributed by atoms with Gasteiger partial charge in [-0.25, -0.2) is 0 Å². The third-order valence-electron chi connectivity index (χ3n) is 4.20. The van der Waals surface area contributed by atoms with Crippen LogP contribution in [-0.2, 0) is 11.2 Å². The van der Waals surface area contributed by atoms with E-state index in [9.17, 15) is 4.79 Å². The van der Waals surface area contributed by atoms with Crippen molar-refractivity contribution < 1.29 is 14.3 Å². The van der Waals surface area contributed by atoms with E-state index in [0.717, 1.165) is 29.2 Å². The summed E-state index contributed by atoms with van der Waals surface area (Å²) in [4.78, 5) is 12.5. The Bertz CT molecular complexity index is 810. The van der Waals surface area contributed by atoms with Crippen LogP contribution in [0.15, 0.2) is 36.4 Å². The Labute approximate surface area is 158 Å². The molecule has 5 nitrogen and oxygen atoms in total. The number of para-hydroxylation sites is 1. The largest absolute Gasteiger partial charge is 0.492 e. The molecule has 0 aromatic heterocycles. The Balaban J connectivity index is 1.76. The lowest BCUT2D eigenvalue weighted by Crippen LogP contribution is -2.32. The topological polar surface area (TPSA) is 59.6 Å². The van der Waals surface area contributed by atoms with Crippen molar-refractivity contribution in [3.8, 4) is 11.5 Å². The molecular weight excluding hydrogens is 352 g/mol. The molecule has 3 rings (SSSR count).